The Hall–Kier alpha value is -1.67. The molecule has 1 heterocycles. The minimum absolute atomic E-state index is 0.134. The lowest BCUT2D eigenvalue weighted by Crippen LogP contribution is -2.49. The van der Waals surface area contributed by atoms with E-state index in [1.807, 2.05) is 33.1 Å². The highest BCUT2D eigenvalue weighted by atomic mass is 16.2. The van der Waals surface area contributed by atoms with Crippen LogP contribution in [0.25, 0.3) is 0 Å². The van der Waals surface area contributed by atoms with Crippen molar-refractivity contribution in [1.29, 1.82) is 0 Å². The Bertz CT molecular complexity index is 573. The van der Waals surface area contributed by atoms with Crippen LogP contribution in [0.1, 0.15) is 44.9 Å². The van der Waals surface area contributed by atoms with Gasteiger partial charge >= 0.3 is 6.03 Å². The number of nitrogens with zero attached hydrogens (tertiary/aromatic N) is 5. The first kappa shape index (κ1) is 23.6. The van der Waals surface area contributed by atoms with Crippen molar-refractivity contribution < 1.29 is 14.4 Å². The molecule has 166 valence electrons. The third-order valence-electron chi connectivity index (χ3n) is 6.20. The Kier molecular flexibility index (Phi) is 8.46. The molecule has 0 atom stereocenters. The van der Waals surface area contributed by atoms with Gasteiger partial charge in [0.15, 0.2) is 0 Å². The van der Waals surface area contributed by atoms with Gasteiger partial charge in [0.2, 0.25) is 5.91 Å². The minimum Gasteiger partial charge on any atom is -0.341 e. The number of hydrogen-bond acceptors (Lipinski definition) is 5. The summed E-state index contributed by atoms with van der Waals surface area (Å²) in [4.78, 5) is 47.8. The zero-order chi connectivity index (χ0) is 21.6. The highest BCUT2D eigenvalue weighted by molar-refractivity contribution is 6.08. The second kappa shape index (κ2) is 10.4. The van der Waals surface area contributed by atoms with Crippen LogP contribution in [-0.4, -0.2) is 116 Å². The highest BCUT2D eigenvalue weighted by Crippen LogP contribution is 2.39. The average molecular weight is 410 g/mol. The predicted octanol–water partition coefficient (Wildman–Crippen LogP) is 1.32. The summed E-state index contributed by atoms with van der Waals surface area (Å²) in [7, 11) is 9.76. The Morgan fingerprint density at radius 2 is 1.41 bits per heavy atom. The summed E-state index contributed by atoms with van der Waals surface area (Å²) in [6.45, 7) is 2.92. The number of hydrogen-bond donors (Lipinski definition) is 0. The van der Waals surface area contributed by atoms with Crippen LogP contribution in [0.15, 0.2) is 0 Å². The maximum absolute atomic E-state index is 13.1. The fraction of sp³-hybridized carbons (Fsp3) is 0.857. The van der Waals surface area contributed by atoms with Gasteiger partial charge in [0.25, 0.3) is 5.91 Å². The Morgan fingerprint density at radius 3 is 1.90 bits per heavy atom. The van der Waals surface area contributed by atoms with Crippen LogP contribution < -0.4 is 0 Å². The van der Waals surface area contributed by atoms with E-state index < -0.39 is 5.54 Å². The molecule has 2 fully saturated rings. The second-order valence-corrected chi connectivity index (χ2v) is 9.02. The van der Waals surface area contributed by atoms with E-state index in [4.69, 9.17) is 0 Å². The molecule has 1 aliphatic carbocycles. The van der Waals surface area contributed by atoms with Gasteiger partial charge in [0.1, 0.15) is 12.1 Å². The van der Waals surface area contributed by atoms with Gasteiger partial charge < -0.3 is 19.6 Å². The Labute approximate surface area is 175 Å². The van der Waals surface area contributed by atoms with Crippen molar-refractivity contribution >= 4 is 17.8 Å². The average Bonchev–Trinajstić information content (AvgIpc) is 2.83. The molecular weight excluding hydrogens is 370 g/mol. The van der Waals surface area contributed by atoms with Crippen LogP contribution in [0.3, 0.4) is 0 Å². The first-order valence-electron chi connectivity index (χ1n) is 10.9. The summed E-state index contributed by atoms with van der Waals surface area (Å²) in [6, 6.07) is -0.327. The molecule has 0 aromatic carbocycles. The van der Waals surface area contributed by atoms with Crippen LogP contribution in [0.5, 0.6) is 0 Å². The van der Waals surface area contributed by atoms with E-state index >= 15 is 0 Å². The molecule has 0 bridgehead atoms. The molecule has 1 saturated carbocycles. The lowest BCUT2D eigenvalue weighted by Gasteiger charge is -2.35. The maximum atomic E-state index is 13.1. The molecule has 1 spiro atoms. The van der Waals surface area contributed by atoms with E-state index in [2.05, 4.69) is 9.80 Å². The molecule has 0 unspecified atom stereocenters. The molecule has 2 rings (SSSR count). The zero-order valence-corrected chi connectivity index (χ0v) is 18.9. The molecule has 0 N–H and O–H groups in total. The molecule has 29 heavy (non-hydrogen) atoms. The molecule has 8 nitrogen and oxygen atoms in total. The van der Waals surface area contributed by atoms with Gasteiger partial charge in [-0.25, -0.2) is 4.79 Å². The Morgan fingerprint density at radius 1 is 0.897 bits per heavy atom. The number of imide groups is 1. The van der Waals surface area contributed by atoms with Crippen molar-refractivity contribution in [3.63, 3.8) is 0 Å². The molecular formula is C21H39N5O3. The van der Waals surface area contributed by atoms with Crippen molar-refractivity contribution in [2.45, 2.75) is 50.5 Å². The van der Waals surface area contributed by atoms with Crippen LogP contribution in [-0.2, 0) is 9.59 Å². The summed E-state index contributed by atoms with van der Waals surface area (Å²) in [5, 5.41) is 0. The first-order chi connectivity index (χ1) is 13.7. The van der Waals surface area contributed by atoms with E-state index in [1.54, 1.807) is 11.9 Å². The van der Waals surface area contributed by atoms with Crippen molar-refractivity contribution in [3.05, 3.63) is 0 Å². The van der Waals surface area contributed by atoms with E-state index in [1.165, 1.54) is 4.90 Å². The summed E-state index contributed by atoms with van der Waals surface area (Å²) >= 11 is 0. The number of rotatable bonds is 10. The van der Waals surface area contributed by atoms with Crippen molar-refractivity contribution in [1.82, 2.24) is 24.5 Å². The molecule has 1 aliphatic heterocycles. The quantitative estimate of drug-likeness (QED) is 0.509. The van der Waals surface area contributed by atoms with Gasteiger partial charge in [-0.15, -0.1) is 0 Å². The first-order valence-corrected chi connectivity index (χ1v) is 10.9. The normalized spacial score (nSPS) is 19.1. The molecule has 0 aromatic rings. The maximum Gasteiger partial charge on any atom is 0.327 e. The van der Waals surface area contributed by atoms with E-state index in [0.29, 0.717) is 25.9 Å². The topological polar surface area (TPSA) is 67.4 Å². The van der Waals surface area contributed by atoms with Gasteiger partial charge in [-0.2, -0.15) is 0 Å². The summed E-state index contributed by atoms with van der Waals surface area (Å²) in [5.41, 5.74) is -0.726. The molecule has 0 radical (unpaired) electrons. The van der Waals surface area contributed by atoms with Crippen LogP contribution in [0.2, 0.25) is 0 Å². The van der Waals surface area contributed by atoms with Crippen molar-refractivity contribution in [2.75, 3.05) is 68.0 Å². The Balaban J connectivity index is 2.03. The highest BCUT2D eigenvalue weighted by Gasteiger charge is 2.55. The zero-order valence-electron chi connectivity index (χ0n) is 18.9. The molecule has 2 aliphatic rings. The SMILES string of the molecule is CN(C)CCCN(CCCN(C)C)C(=O)CN1C(=O)N(C)C2(CCCCC2)C1=O. The van der Waals surface area contributed by atoms with Gasteiger partial charge in [-0.3, -0.25) is 14.5 Å². The van der Waals surface area contributed by atoms with Gasteiger partial charge in [-0.1, -0.05) is 19.3 Å². The fourth-order valence-corrected chi connectivity index (χ4v) is 4.42. The minimum atomic E-state index is -0.726. The third kappa shape index (κ3) is 5.69. The van der Waals surface area contributed by atoms with Crippen molar-refractivity contribution in [3.8, 4) is 0 Å². The number of carbonyl (C=O) groups is 3. The number of carbonyl (C=O) groups excluding carboxylic acids is 3. The van der Waals surface area contributed by atoms with Gasteiger partial charge in [-0.05, 0) is 67.0 Å². The fourth-order valence-electron chi connectivity index (χ4n) is 4.42. The number of urea groups is 1. The van der Waals surface area contributed by atoms with Gasteiger partial charge in [0, 0.05) is 20.1 Å². The predicted molar refractivity (Wildman–Crippen MR) is 114 cm³/mol. The molecule has 0 aromatic heterocycles. The third-order valence-corrected chi connectivity index (χ3v) is 6.20. The summed E-state index contributed by atoms with van der Waals surface area (Å²) in [5.74, 6) is -0.315. The van der Waals surface area contributed by atoms with E-state index in [9.17, 15) is 14.4 Å². The molecule has 4 amide bonds. The van der Waals surface area contributed by atoms with Gasteiger partial charge in [0.05, 0.1) is 0 Å². The number of likely N-dealkylation sites (N-methyl/N-ethyl adjacent to an activating group) is 1. The van der Waals surface area contributed by atoms with Crippen LogP contribution >= 0.6 is 0 Å². The molecule has 1 saturated heterocycles. The standard InChI is InChI=1S/C21H39N5O3/c1-22(2)13-9-15-25(16-10-14-23(3)4)18(27)17-26-19(28)21(24(5)20(26)29)11-7-6-8-12-21/h6-17H2,1-5H3. The second-order valence-electron chi connectivity index (χ2n) is 9.02. The summed E-state index contributed by atoms with van der Waals surface area (Å²) < 4.78 is 0. The lowest BCUT2D eigenvalue weighted by atomic mass is 9.81. The van der Waals surface area contributed by atoms with Crippen LogP contribution in [0.4, 0.5) is 4.79 Å². The molecule has 8 heteroatoms. The van der Waals surface area contributed by atoms with E-state index in [0.717, 1.165) is 45.2 Å². The lowest BCUT2D eigenvalue weighted by molar-refractivity contribution is -0.140. The summed E-state index contributed by atoms with van der Waals surface area (Å²) in [6.07, 6.45) is 6.14. The smallest absolute Gasteiger partial charge is 0.327 e. The van der Waals surface area contributed by atoms with Crippen molar-refractivity contribution in [2.24, 2.45) is 0 Å². The number of amides is 4. The van der Waals surface area contributed by atoms with Crippen LogP contribution in [0, 0.1) is 0 Å². The largest absolute Gasteiger partial charge is 0.341 e. The van der Waals surface area contributed by atoms with E-state index in [-0.39, 0.29) is 24.4 Å². The monoisotopic (exact) mass is 409 g/mol.